The van der Waals surface area contributed by atoms with E-state index in [1.807, 2.05) is 6.92 Å². The second-order valence-corrected chi connectivity index (χ2v) is 8.80. The van der Waals surface area contributed by atoms with Crippen molar-refractivity contribution < 1.29 is 4.74 Å². The average molecular weight is 569 g/mol. The molecular formula is C25H41IN6O. The molecule has 2 heterocycles. The zero-order chi connectivity index (χ0) is 22.8. The van der Waals surface area contributed by atoms with E-state index in [0.29, 0.717) is 0 Å². The number of ether oxygens (including phenoxy) is 1. The van der Waals surface area contributed by atoms with Crippen LogP contribution in [0.15, 0.2) is 41.4 Å². The van der Waals surface area contributed by atoms with Crippen LogP contribution in [-0.2, 0) is 11.3 Å². The first-order valence-electron chi connectivity index (χ1n) is 11.9. The minimum absolute atomic E-state index is 0. The summed E-state index contributed by atoms with van der Waals surface area (Å²) < 4.78 is 7.75. The predicted octanol–water partition coefficient (Wildman–Crippen LogP) is 3.96. The van der Waals surface area contributed by atoms with E-state index in [0.717, 1.165) is 70.3 Å². The topological polar surface area (TPSA) is 75.5 Å². The molecule has 8 heteroatoms. The smallest absolute Gasteiger partial charge is 0.191 e. The molecule has 1 unspecified atom stereocenters. The summed E-state index contributed by atoms with van der Waals surface area (Å²) in [5, 5.41) is 15.3. The zero-order valence-corrected chi connectivity index (χ0v) is 22.9. The van der Waals surface area contributed by atoms with E-state index in [1.54, 1.807) is 0 Å². The van der Waals surface area contributed by atoms with E-state index in [-0.39, 0.29) is 35.6 Å². The highest BCUT2D eigenvalue weighted by Gasteiger charge is 2.34. The van der Waals surface area contributed by atoms with E-state index in [1.165, 1.54) is 11.3 Å². The summed E-state index contributed by atoms with van der Waals surface area (Å²) in [6.45, 7) is 13.4. The lowest BCUT2D eigenvalue weighted by Gasteiger charge is -2.39. The summed E-state index contributed by atoms with van der Waals surface area (Å²) in [4.78, 5) is 4.98. The van der Waals surface area contributed by atoms with Crippen LogP contribution in [-0.4, -0.2) is 54.1 Å². The number of hydrogen-bond donors (Lipinski definition) is 3. The van der Waals surface area contributed by atoms with Gasteiger partial charge in [-0.3, -0.25) is 9.67 Å². The second kappa shape index (κ2) is 13.9. The molecule has 33 heavy (non-hydrogen) atoms. The second-order valence-electron chi connectivity index (χ2n) is 8.80. The number of hydrogen-bond acceptors (Lipinski definition) is 4. The maximum absolute atomic E-state index is 5.67. The van der Waals surface area contributed by atoms with Crippen molar-refractivity contribution in [3.05, 3.63) is 53.3 Å². The highest BCUT2D eigenvalue weighted by Crippen LogP contribution is 2.26. The summed E-state index contributed by atoms with van der Waals surface area (Å²) in [6.07, 6.45) is 2.92. The fourth-order valence-corrected chi connectivity index (χ4v) is 4.30. The van der Waals surface area contributed by atoms with Gasteiger partial charge in [-0.25, -0.2) is 0 Å². The van der Waals surface area contributed by atoms with Crippen LogP contribution < -0.4 is 16.0 Å². The third kappa shape index (κ3) is 8.57. The molecule has 0 bridgehead atoms. The molecule has 0 amide bonds. The first-order chi connectivity index (χ1) is 15.5. The van der Waals surface area contributed by atoms with E-state index in [2.05, 4.69) is 82.9 Å². The van der Waals surface area contributed by atoms with Gasteiger partial charge < -0.3 is 20.7 Å². The average Bonchev–Trinajstić information content (AvgIpc) is 3.13. The van der Waals surface area contributed by atoms with Gasteiger partial charge in [-0.2, -0.15) is 5.10 Å². The van der Waals surface area contributed by atoms with Gasteiger partial charge in [0.25, 0.3) is 0 Å². The van der Waals surface area contributed by atoms with Crippen molar-refractivity contribution in [1.29, 1.82) is 0 Å². The van der Waals surface area contributed by atoms with Gasteiger partial charge in [0.05, 0.1) is 12.2 Å². The van der Waals surface area contributed by atoms with Crippen molar-refractivity contribution in [3.8, 4) is 0 Å². The van der Waals surface area contributed by atoms with Crippen molar-refractivity contribution in [1.82, 2.24) is 25.7 Å². The van der Waals surface area contributed by atoms with E-state index in [4.69, 9.17) is 9.73 Å². The molecule has 1 aromatic heterocycles. The molecule has 1 aromatic carbocycles. The summed E-state index contributed by atoms with van der Waals surface area (Å²) in [7, 11) is 0. The predicted molar refractivity (Wildman–Crippen MR) is 146 cm³/mol. The molecule has 0 spiro atoms. The lowest BCUT2D eigenvalue weighted by Crippen LogP contribution is -2.53. The number of aliphatic imine (C=N–C) groups is 1. The van der Waals surface area contributed by atoms with Gasteiger partial charge in [-0.05, 0) is 58.6 Å². The number of halogens is 1. The third-order valence-electron chi connectivity index (χ3n) is 6.10. The Morgan fingerprint density at radius 3 is 2.55 bits per heavy atom. The maximum Gasteiger partial charge on any atom is 0.191 e. The highest BCUT2D eigenvalue weighted by atomic mass is 127. The summed E-state index contributed by atoms with van der Waals surface area (Å²) >= 11 is 0. The molecule has 1 atom stereocenters. The monoisotopic (exact) mass is 568 g/mol. The summed E-state index contributed by atoms with van der Waals surface area (Å²) in [6, 6.07) is 13.0. The lowest BCUT2D eigenvalue weighted by molar-refractivity contribution is 0.0374. The molecule has 1 saturated heterocycles. The number of nitrogens with zero attached hydrogens (tertiary/aromatic N) is 3. The van der Waals surface area contributed by atoms with Crippen LogP contribution >= 0.6 is 24.0 Å². The van der Waals surface area contributed by atoms with Crippen LogP contribution in [0, 0.1) is 13.8 Å². The number of nitrogens with one attached hydrogen (secondary N) is 3. The fourth-order valence-electron chi connectivity index (χ4n) is 4.30. The number of aromatic nitrogens is 2. The van der Waals surface area contributed by atoms with Gasteiger partial charge in [0, 0.05) is 50.1 Å². The standard InChI is InChI=1S/C25H40N6O.HI/c1-5-26-24(27-14-9-15-31-21(3)18-20(2)30-31)28-19-25(12-16-32-17-13-25)29-22(4)23-10-7-6-8-11-23;/h6-8,10-11,18,22,29H,5,9,12-17,19H2,1-4H3,(H2,26,27,28);1H. The van der Waals surface area contributed by atoms with Crippen molar-refractivity contribution in [2.45, 2.75) is 65.1 Å². The third-order valence-corrected chi connectivity index (χ3v) is 6.10. The van der Waals surface area contributed by atoms with Crippen LogP contribution in [0.2, 0.25) is 0 Å². The molecule has 2 aromatic rings. The molecule has 0 aliphatic carbocycles. The van der Waals surface area contributed by atoms with E-state index < -0.39 is 0 Å². The number of rotatable bonds is 10. The summed E-state index contributed by atoms with van der Waals surface area (Å²) in [5.74, 6) is 0.876. The first-order valence-corrected chi connectivity index (χ1v) is 11.9. The highest BCUT2D eigenvalue weighted by molar-refractivity contribution is 14.0. The Hall–Kier alpha value is -1.65. The Labute approximate surface area is 216 Å². The molecule has 3 rings (SSSR count). The van der Waals surface area contributed by atoms with Crippen LogP contribution in [0.5, 0.6) is 0 Å². The van der Waals surface area contributed by atoms with Crippen LogP contribution in [0.1, 0.15) is 56.1 Å². The zero-order valence-electron chi connectivity index (χ0n) is 20.6. The Balaban J connectivity index is 0.00000385. The van der Waals surface area contributed by atoms with Crippen LogP contribution in [0.3, 0.4) is 0 Å². The largest absolute Gasteiger partial charge is 0.381 e. The molecule has 0 radical (unpaired) electrons. The van der Waals surface area contributed by atoms with Gasteiger partial charge in [-0.1, -0.05) is 30.3 Å². The Morgan fingerprint density at radius 1 is 1.18 bits per heavy atom. The maximum atomic E-state index is 5.67. The van der Waals surface area contributed by atoms with Gasteiger partial charge in [0.2, 0.25) is 0 Å². The number of aryl methyl sites for hydroxylation is 3. The quantitative estimate of drug-likeness (QED) is 0.175. The molecule has 1 fully saturated rings. The van der Waals surface area contributed by atoms with Gasteiger partial charge >= 0.3 is 0 Å². The van der Waals surface area contributed by atoms with Crippen LogP contribution in [0.25, 0.3) is 0 Å². The first kappa shape index (κ1) is 27.6. The van der Waals surface area contributed by atoms with Crippen molar-refractivity contribution >= 4 is 29.9 Å². The van der Waals surface area contributed by atoms with Crippen molar-refractivity contribution in [2.75, 3.05) is 32.8 Å². The van der Waals surface area contributed by atoms with Crippen molar-refractivity contribution in [2.24, 2.45) is 4.99 Å². The van der Waals surface area contributed by atoms with Crippen LogP contribution in [0.4, 0.5) is 0 Å². The molecule has 7 nitrogen and oxygen atoms in total. The number of benzene rings is 1. The van der Waals surface area contributed by atoms with Gasteiger partial charge in [0.15, 0.2) is 5.96 Å². The molecule has 184 valence electrons. The SMILES string of the molecule is CCNC(=NCC1(NC(C)c2ccccc2)CCOCC1)NCCCn1nc(C)cc1C.I. The molecule has 0 saturated carbocycles. The molecular weight excluding hydrogens is 527 g/mol. The molecule has 3 N–H and O–H groups in total. The molecule has 1 aliphatic rings. The van der Waals surface area contributed by atoms with Gasteiger partial charge in [0.1, 0.15) is 0 Å². The lowest BCUT2D eigenvalue weighted by atomic mass is 9.88. The minimum Gasteiger partial charge on any atom is -0.381 e. The normalized spacial score (nSPS) is 16.7. The van der Waals surface area contributed by atoms with E-state index >= 15 is 0 Å². The Kier molecular flexibility index (Phi) is 11.6. The van der Waals surface area contributed by atoms with E-state index in [9.17, 15) is 0 Å². The van der Waals surface area contributed by atoms with Crippen molar-refractivity contribution in [3.63, 3.8) is 0 Å². The fraction of sp³-hybridized carbons (Fsp3) is 0.600. The molecule has 1 aliphatic heterocycles. The minimum atomic E-state index is -0.0560. The Morgan fingerprint density at radius 2 is 1.91 bits per heavy atom. The summed E-state index contributed by atoms with van der Waals surface area (Å²) in [5.41, 5.74) is 3.53. The number of guanidine groups is 1. The van der Waals surface area contributed by atoms with Gasteiger partial charge in [-0.15, -0.1) is 24.0 Å². The Bertz CT molecular complexity index is 848.